The van der Waals surface area contributed by atoms with Gasteiger partial charge >= 0.3 is 0 Å². The molecular weight excluding hydrogens is 458 g/mol. The van der Waals surface area contributed by atoms with Crippen LogP contribution in [0.4, 0.5) is 5.69 Å². The second-order valence-electron chi connectivity index (χ2n) is 8.40. The predicted molar refractivity (Wildman–Crippen MR) is 120 cm³/mol. The summed E-state index contributed by atoms with van der Waals surface area (Å²) >= 11 is 3.44. The maximum absolute atomic E-state index is 13.0. The average Bonchev–Trinajstić information content (AvgIpc) is 3.57. The monoisotopic (exact) mass is 479 g/mol. The molecular formula is C24H22BrN3O3. The van der Waals surface area contributed by atoms with Gasteiger partial charge in [0.25, 0.3) is 5.91 Å². The Morgan fingerprint density at radius 1 is 1.03 bits per heavy atom. The van der Waals surface area contributed by atoms with Gasteiger partial charge in [0.15, 0.2) is 0 Å². The number of amides is 3. The van der Waals surface area contributed by atoms with Gasteiger partial charge in [-0.3, -0.25) is 19.8 Å². The van der Waals surface area contributed by atoms with Crippen molar-refractivity contribution in [3.63, 3.8) is 0 Å². The smallest absolute Gasteiger partial charge is 0.252 e. The van der Waals surface area contributed by atoms with E-state index in [1.54, 1.807) is 24.3 Å². The van der Waals surface area contributed by atoms with E-state index < -0.39 is 0 Å². The van der Waals surface area contributed by atoms with E-state index in [1.807, 2.05) is 36.4 Å². The Hall–Kier alpha value is -2.93. The summed E-state index contributed by atoms with van der Waals surface area (Å²) in [4.78, 5) is 38.6. The second-order valence-corrected chi connectivity index (χ2v) is 9.31. The van der Waals surface area contributed by atoms with Crippen molar-refractivity contribution >= 4 is 39.3 Å². The minimum atomic E-state index is -0.358. The Bertz CT molecular complexity index is 1090. The van der Waals surface area contributed by atoms with Crippen LogP contribution in [-0.2, 0) is 15.1 Å². The Morgan fingerprint density at radius 2 is 1.74 bits per heavy atom. The maximum atomic E-state index is 13.0. The number of hydrazine groups is 1. The molecule has 1 saturated heterocycles. The van der Waals surface area contributed by atoms with Crippen LogP contribution in [0, 0.1) is 11.8 Å². The number of hydrogen-bond donors (Lipinski definition) is 2. The number of rotatable bonds is 4. The molecule has 2 aliphatic carbocycles. The van der Waals surface area contributed by atoms with Gasteiger partial charge in [-0.25, -0.2) is 5.01 Å². The average molecular weight is 480 g/mol. The van der Waals surface area contributed by atoms with Crippen molar-refractivity contribution in [1.29, 1.82) is 0 Å². The summed E-state index contributed by atoms with van der Waals surface area (Å²) < 4.78 is 0.995. The van der Waals surface area contributed by atoms with Crippen molar-refractivity contribution in [3.8, 4) is 0 Å². The van der Waals surface area contributed by atoms with Gasteiger partial charge in [-0.2, -0.15) is 0 Å². The third-order valence-corrected chi connectivity index (χ3v) is 6.92. The van der Waals surface area contributed by atoms with Crippen molar-refractivity contribution in [2.45, 2.75) is 31.2 Å². The highest BCUT2D eigenvalue weighted by Crippen LogP contribution is 2.46. The van der Waals surface area contributed by atoms with E-state index in [4.69, 9.17) is 0 Å². The van der Waals surface area contributed by atoms with Crippen LogP contribution in [0.25, 0.3) is 0 Å². The quantitative estimate of drug-likeness (QED) is 0.654. The molecule has 0 aromatic heterocycles. The number of halogens is 1. The molecule has 3 aliphatic rings. The Morgan fingerprint density at radius 3 is 2.45 bits per heavy atom. The molecule has 0 spiro atoms. The summed E-state index contributed by atoms with van der Waals surface area (Å²) in [5.41, 5.74) is 4.40. The van der Waals surface area contributed by atoms with Gasteiger partial charge in [-0.15, -0.1) is 0 Å². The van der Waals surface area contributed by atoms with E-state index in [2.05, 4.69) is 26.7 Å². The number of carbonyl (C=O) groups is 3. The SMILES string of the molecule is O=C(NC1(c2ccc(Br)cc2)CC1)c1cccc(N2NC(=O)C3CC=CCC3C2=O)c1. The van der Waals surface area contributed by atoms with Crippen LogP contribution in [0.2, 0.25) is 0 Å². The van der Waals surface area contributed by atoms with Crippen LogP contribution < -0.4 is 15.8 Å². The maximum Gasteiger partial charge on any atom is 0.252 e. The van der Waals surface area contributed by atoms with Gasteiger partial charge in [-0.1, -0.05) is 46.3 Å². The van der Waals surface area contributed by atoms with E-state index in [0.29, 0.717) is 24.1 Å². The molecule has 2 unspecified atom stereocenters. The lowest BCUT2D eigenvalue weighted by molar-refractivity contribution is -0.139. The number of benzene rings is 2. The fourth-order valence-electron chi connectivity index (χ4n) is 4.44. The van der Waals surface area contributed by atoms with Crippen LogP contribution in [0.5, 0.6) is 0 Å². The predicted octanol–water partition coefficient (Wildman–Crippen LogP) is 3.83. The van der Waals surface area contributed by atoms with E-state index >= 15 is 0 Å². The Balaban J connectivity index is 1.36. The molecule has 1 saturated carbocycles. The van der Waals surface area contributed by atoms with Crippen molar-refractivity contribution in [2.24, 2.45) is 11.8 Å². The number of fused-ring (bicyclic) bond motifs is 1. The largest absolute Gasteiger partial charge is 0.343 e. The number of nitrogens with zero attached hydrogens (tertiary/aromatic N) is 1. The number of nitrogens with one attached hydrogen (secondary N) is 2. The minimum Gasteiger partial charge on any atom is -0.343 e. The molecule has 158 valence electrons. The van der Waals surface area contributed by atoms with E-state index in [1.165, 1.54) is 5.01 Å². The first-order valence-corrected chi connectivity index (χ1v) is 11.2. The highest BCUT2D eigenvalue weighted by molar-refractivity contribution is 9.10. The van der Waals surface area contributed by atoms with Gasteiger partial charge in [0.1, 0.15) is 0 Å². The first kappa shape index (κ1) is 20.0. The number of carbonyl (C=O) groups excluding carboxylic acids is 3. The van der Waals surface area contributed by atoms with Crippen LogP contribution in [0.1, 0.15) is 41.6 Å². The van der Waals surface area contributed by atoms with Gasteiger partial charge in [0.05, 0.1) is 23.1 Å². The summed E-state index contributed by atoms with van der Waals surface area (Å²) in [5.74, 6) is -1.17. The molecule has 2 fully saturated rings. The highest BCUT2D eigenvalue weighted by Gasteiger charge is 2.46. The normalized spacial score (nSPS) is 23.7. The molecule has 2 aromatic rings. The van der Waals surface area contributed by atoms with E-state index in [9.17, 15) is 14.4 Å². The summed E-state index contributed by atoms with van der Waals surface area (Å²) in [6.45, 7) is 0. The summed E-state index contributed by atoms with van der Waals surface area (Å²) in [6, 6.07) is 14.8. The number of hydrogen-bond acceptors (Lipinski definition) is 3. The highest BCUT2D eigenvalue weighted by atomic mass is 79.9. The molecule has 1 aliphatic heterocycles. The Labute approximate surface area is 188 Å². The minimum absolute atomic E-state index is 0.139. The van der Waals surface area contributed by atoms with Crippen molar-refractivity contribution < 1.29 is 14.4 Å². The van der Waals surface area contributed by atoms with Crippen LogP contribution >= 0.6 is 15.9 Å². The zero-order chi connectivity index (χ0) is 21.6. The lowest BCUT2D eigenvalue weighted by Gasteiger charge is -2.38. The van der Waals surface area contributed by atoms with Crippen molar-refractivity contribution in [1.82, 2.24) is 10.7 Å². The van der Waals surface area contributed by atoms with Crippen LogP contribution in [-0.4, -0.2) is 17.7 Å². The third-order valence-electron chi connectivity index (χ3n) is 6.39. The molecule has 5 rings (SSSR count). The molecule has 2 N–H and O–H groups in total. The Kier molecular flexibility index (Phi) is 4.93. The summed E-state index contributed by atoms with van der Waals surface area (Å²) in [5, 5.41) is 4.45. The van der Waals surface area contributed by atoms with Gasteiger partial charge in [0.2, 0.25) is 11.8 Å². The van der Waals surface area contributed by atoms with E-state index in [0.717, 1.165) is 22.9 Å². The van der Waals surface area contributed by atoms with Crippen LogP contribution in [0.3, 0.4) is 0 Å². The van der Waals surface area contributed by atoms with Crippen molar-refractivity contribution in [3.05, 3.63) is 76.3 Å². The number of allylic oxidation sites excluding steroid dienone is 2. The molecule has 6 nitrogen and oxygen atoms in total. The molecule has 3 amide bonds. The van der Waals surface area contributed by atoms with Crippen molar-refractivity contribution in [2.75, 3.05) is 5.01 Å². The van der Waals surface area contributed by atoms with Crippen LogP contribution in [0.15, 0.2) is 65.2 Å². The third kappa shape index (κ3) is 3.67. The molecule has 2 atom stereocenters. The number of anilines is 1. The molecule has 0 bridgehead atoms. The topological polar surface area (TPSA) is 78.5 Å². The van der Waals surface area contributed by atoms with Gasteiger partial charge in [0, 0.05) is 10.0 Å². The lowest BCUT2D eigenvalue weighted by atomic mass is 9.80. The van der Waals surface area contributed by atoms with Gasteiger partial charge < -0.3 is 5.32 Å². The lowest BCUT2D eigenvalue weighted by Crippen LogP contribution is -2.59. The fourth-order valence-corrected chi connectivity index (χ4v) is 4.70. The molecule has 2 aromatic carbocycles. The molecule has 0 radical (unpaired) electrons. The summed E-state index contributed by atoms with van der Waals surface area (Å²) in [6.07, 6.45) is 6.82. The fraction of sp³-hybridized carbons (Fsp3) is 0.292. The molecule has 1 heterocycles. The molecule has 7 heteroatoms. The summed E-state index contributed by atoms with van der Waals surface area (Å²) in [7, 11) is 0. The van der Waals surface area contributed by atoms with E-state index in [-0.39, 0.29) is 35.1 Å². The first-order chi connectivity index (χ1) is 15.0. The second kappa shape index (κ2) is 7.64. The zero-order valence-electron chi connectivity index (χ0n) is 16.8. The standard InChI is InChI=1S/C24H22BrN3O3/c25-17-10-8-16(9-11-17)24(12-13-24)26-21(29)15-4-3-5-18(14-15)28-23(31)20-7-2-1-6-19(20)22(30)27-28/h1-5,8-11,14,19-20H,6-7,12-13H2,(H,26,29)(H,27,30). The zero-order valence-corrected chi connectivity index (χ0v) is 18.4. The van der Waals surface area contributed by atoms with Gasteiger partial charge in [-0.05, 0) is 61.6 Å². The molecule has 31 heavy (non-hydrogen) atoms. The first-order valence-electron chi connectivity index (χ1n) is 10.4.